The minimum absolute atomic E-state index is 0.117. The molecule has 0 rings (SSSR count). The van der Waals surface area contributed by atoms with Crippen LogP contribution < -0.4 is 5.73 Å². The van der Waals surface area contributed by atoms with Crippen LogP contribution in [0.2, 0.25) is 0 Å². The highest BCUT2D eigenvalue weighted by molar-refractivity contribution is 5.81. The number of Topliss-reactive ketones (excluding diaryl/α,β-unsaturated/α-hetero) is 1. The fourth-order valence-electron chi connectivity index (χ4n) is 0.758. The molecule has 0 fully saturated rings. The Morgan fingerprint density at radius 1 is 1.55 bits per heavy atom. The molecule has 0 radical (unpaired) electrons. The van der Waals surface area contributed by atoms with Gasteiger partial charge in [-0.15, -0.1) is 5.92 Å². The van der Waals surface area contributed by atoms with Crippen molar-refractivity contribution in [2.45, 2.75) is 39.2 Å². The smallest absolute Gasteiger partial charge is 0.146 e. The number of carbonyl (C=O) groups excluding carboxylic acids is 1. The Bertz CT molecular complexity index is 190. The molecule has 62 valence electrons. The van der Waals surface area contributed by atoms with Gasteiger partial charge in [-0.3, -0.25) is 4.79 Å². The number of ketones is 1. The number of nitrogens with two attached hydrogens (primary N) is 1. The van der Waals surface area contributed by atoms with Gasteiger partial charge in [0.25, 0.3) is 0 Å². The lowest BCUT2D eigenvalue weighted by Gasteiger charge is -2.15. The molecule has 0 spiro atoms. The minimum atomic E-state index is -0.396. The van der Waals surface area contributed by atoms with E-state index < -0.39 is 5.54 Å². The molecule has 0 unspecified atom stereocenters. The molecular formula is C9H15NO. The summed E-state index contributed by atoms with van der Waals surface area (Å²) in [5.41, 5.74) is 5.24. The van der Waals surface area contributed by atoms with Gasteiger partial charge in [-0.1, -0.05) is 5.92 Å². The Morgan fingerprint density at radius 3 is 2.45 bits per heavy atom. The largest absolute Gasteiger partial charge is 0.325 e. The molecule has 0 aliphatic heterocycles. The molecule has 0 saturated heterocycles. The first kappa shape index (κ1) is 10.2. The van der Waals surface area contributed by atoms with E-state index in [1.165, 1.54) is 0 Å². The van der Waals surface area contributed by atoms with E-state index in [1.807, 2.05) is 13.8 Å². The van der Waals surface area contributed by atoms with Gasteiger partial charge in [0.15, 0.2) is 0 Å². The molecule has 0 aliphatic rings. The molecule has 0 atom stereocenters. The normalized spacial score (nSPS) is 10.2. The predicted molar refractivity (Wildman–Crippen MR) is 46.0 cm³/mol. The van der Waals surface area contributed by atoms with Crippen LogP contribution >= 0.6 is 0 Å². The van der Waals surface area contributed by atoms with E-state index in [0.29, 0.717) is 12.8 Å². The van der Waals surface area contributed by atoms with Crippen molar-refractivity contribution in [3.63, 3.8) is 0 Å². The summed E-state index contributed by atoms with van der Waals surface area (Å²) in [6.45, 7) is 5.40. The lowest BCUT2D eigenvalue weighted by molar-refractivity contribution is -0.119. The van der Waals surface area contributed by atoms with E-state index in [4.69, 9.17) is 5.73 Å². The van der Waals surface area contributed by atoms with Crippen LogP contribution in [0.3, 0.4) is 0 Å². The third-order valence-corrected chi connectivity index (χ3v) is 1.12. The average Bonchev–Trinajstić information content (AvgIpc) is 1.79. The molecule has 0 amide bonds. The summed E-state index contributed by atoms with van der Waals surface area (Å²) in [6.07, 6.45) is 0.735. The molecule has 0 aromatic carbocycles. The first-order chi connectivity index (χ1) is 4.95. The fraction of sp³-hybridized carbons (Fsp3) is 0.667. The van der Waals surface area contributed by atoms with Gasteiger partial charge in [0.05, 0.1) is 6.42 Å². The van der Waals surface area contributed by atoms with Crippen molar-refractivity contribution in [3.8, 4) is 11.8 Å². The van der Waals surface area contributed by atoms with Crippen molar-refractivity contribution >= 4 is 5.78 Å². The molecule has 0 aromatic heterocycles. The molecule has 0 saturated carbocycles. The van der Waals surface area contributed by atoms with Crippen LogP contribution in [0, 0.1) is 11.8 Å². The summed E-state index contributed by atoms with van der Waals surface area (Å²) in [7, 11) is 0. The van der Waals surface area contributed by atoms with Gasteiger partial charge < -0.3 is 5.73 Å². The highest BCUT2D eigenvalue weighted by Crippen LogP contribution is 2.05. The van der Waals surface area contributed by atoms with Crippen molar-refractivity contribution < 1.29 is 4.79 Å². The van der Waals surface area contributed by atoms with Crippen molar-refractivity contribution in [1.29, 1.82) is 0 Å². The second kappa shape index (κ2) is 4.15. The molecule has 2 nitrogen and oxygen atoms in total. The van der Waals surface area contributed by atoms with Crippen molar-refractivity contribution in [3.05, 3.63) is 0 Å². The average molecular weight is 153 g/mol. The lowest BCUT2D eigenvalue weighted by Crippen LogP contribution is -2.34. The number of rotatable bonds is 3. The summed E-state index contributed by atoms with van der Waals surface area (Å²) in [5, 5.41) is 0. The highest BCUT2D eigenvalue weighted by atomic mass is 16.1. The van der Waals surface area contributed by atoms with E-state index in [-0.39, 0.29) is 5.78 Å². The summed E-state index contributed by atoms with van der Waals surface area (Å²) >= 11 is 0. The van der Waals surface area contributed by atoms with E-state index in [1.54, 1.807) is 6.92 Å². The lowest BCUT2D eigenvalue weighted by atomic mass is 9.98. The predicted octanol–water partition coefficient (Wildman–Crippen LogP) is 1.10. The van der Waals surface area contributed by atoms with E-state index in [0.717, 1.165) is 0 Å². The van der Waals surface area contributed by atoms with Crippen molar-refractivity contribution in [2.75, 3.05) is 0 Å². The van der Waals surface area contributed by atoms with Crippen LogP contribution in [0.4, 0.5) is 0 Å². The highest BCUT2D eigenvalue weighted by Gasteiger charge is 2.14. The van der Waals surface area contributed by atoms with Crippen LogP contribution in [-0.2, 0) is 4.79 Å². The maximum atomic E-state index is 11.0. The van der Waals surface area contributed by atoms with Crippen LogP contribution in [0.1, 0.15) is 33.6 Å². The second-order valence-corrected chi connectivity index (χ2v) is 3.31. The van der Waals surface area contributed by atoms with Gasteiger partial charge in [-0.05, 0) is 20.8 Å². The van der Waals surface area contributed by atoms with Crippen molar-refractivity contribution in [1.82, 2.24) is 0 Å². The molecule has 0 heterocycles. The Balaban J connectivity index is 3.77. The van der Waals surface area contributed by atoms with E-state index in [2.05, 4.69) is 11.8 Å². The first-order valence-corrected chi connectivity index (χ1v) is 3.66. The Kier molecular flexibility index (Phi) is 3.84. The van der Waals surface area contributed by atoms with Crippen LogP contribution in [-0.4, -0.2) is 11.3 Å². The number of hydrogen-bond acceptors (Lipinski definition) is 2. The fourth-order valence-corrected chi connectivity index (χ4v) is 0.758. The topological polar surface area (TPSA) is 43.1 Å². The SMILES string of the molecule is CC#CCC(=O)CC(C)(C)N. The molecule has 11 heavy (non-hydrogen) atoms. The van der Waals surface area contributed by atoms with Crippen molar-refractivity contribution in [2.24, 2.45) is 5.73 Å². The van der Waals surface area contributed by atoms with Gasteiger partial charge in [0.2, 0.25) is 0 Å². The monoisotopic (exact) mass is 153 g/mol. The maximum absolute atomic E-state index is 11.0. The Labute approximate surface area is 68.2 Å². The second-order valence-electron chi connectivity index (χ2n) is 3.31. The number of carbonyl (C=O) groups is 1. The van der Waals surface area contributed by atoms with Gasteiger partial charge in [0.1, 0.15) is 5.78 Å². The minimum Gasteiger partial charge on any atom is -0.325 e. The zero-order chi connectivity index (χ0) is 8.91. The van der Waals surface area contributed by atoms with Gasteiger partial charge in [-0.2, -0.15) is 0 Å². The molecule has 0 aliphatic carbocycles. The van der Waals surface area contributed by atoms with Gasteiger partial charge in [-0.25, -0.2) is 0 Å². The third-order valence-electron chi connectivity index (χ3n) is 1.12. The summed E-state index contributed by atoms with van der Waals surface area (Å²) < 4.78 is 0. The van der Waals surface area contributed by atoms with E-state index in [9.17, 15) is 4.79 Å². The zero-order valence-corrected chi connectivity index (χ0v) is 7.40. The van der Waals surface area contributed by atoms with Crippen LogP contribution in [0.15, 0.2) is 0 Å². The van der Waals surface area contributed by atoms with E-state index >= 15 is 0 Å². The summed E-state index contributed by atoms with van der Waals surface area (Å²) in [4.78, 5) is 11.0. The Morgan fingerprint density at radius 2 is 2.09 bits per heavy atom. The summed E-state index contributed by atoms with van der Waals surface area (Å²) in [5.74, 6) is 5.51. The quantitative estimate of drug-likeness (QED) is 0.617. The maximum Gasteiger partial charge on any atom is 0.146 e. The summed E-state index contributed by atoms with van der Waals surface area (Å²) in [6, 6.07) is 0. The molecule has 2 heteroatoms. The molecular weight excluding hydrogens is 138 g/mol. The van der Waals surface area contributed by atoms with Gasteiger partial charge >= 0.3 is 0 Å². The molecule has 0 aromatic rings. The standard InChI is InChI=1S/C9H15NO/c1-4-5-6-8(11)7-9(2,3)10/h6-7,10H2,1-3H3. The van der Waals surface area contributed by atoms with Gasteiger partial charge in [0, 0.05) is 12.0 Å². The molecule has 0 bridgehead atoms. The first-order valence-electron chi connectivity index (χ1n) is 3.66. The zero-order valence-electron chi connectivity index (χ0n) is 7.40. The molecule has 2 N–H and O–H groups in total. The number of hydrogen-bond donors (Lipinski definition) is 1. The Hall–Kier alpha value is -0.810. The van der Waals surface area contributed by atoms with Crippen LogP contribution in [0.5, 0.6) is 0 Å². The van der Waals surface area contributed by atoms with Crippen LogP contribution in [0.25, 0.3) is 0 Å². The third kappa shape index (κ3) is 7.08.